The predicted octanol–water partition coefficient (Wildman–Crippen LogP) is 4.73. The van der Waals surface area contributed by atoms with E-state index in [2.05, 4.69) is 48.3 Å². The van der Waals surface area contributed by atoms with Gasteiger partial charge in [0.05, 0.1) is 11.7 Å². The number of nitrogens with zero attached hydrogens (tertiary/aromatic N) is 2. The van der Waals surface area contributed by atoms with Gasteiger partial charge in [0.1, 0.15) is 5.69 Å². The van der Waals surface area contributed by atoms with Gasteiger partial charge in [0, 0.05) is 17.7 Å². The van der Waals surface area contributed by atoms with Crippen LogP contribution in [0.1, 0.15) is 53.0 Å². The minimum Gasteiger partial charge on any atom is -0.326 e. The van der Waals surface area contributed by atoms with Crippen LogP contribution in [0.2, 0.25) is 0 Å². The third-order valence-electron chi connectivity index (χ3n) is 5.06. The molecule has 0 saturated carbocycles. The minimum atomic E-state index is -0.0846. The number of amides is 1. The van der Waals surface area contributed by atoms with Crippen molar-refractivity contribution in [2.24, 2.45) is 0 Å². The van der Waals surface area contributed by atoms with Gasteiger partial charge in [0.15, 0.2) is 0 Å². The maximum atomic E-state index is 13.1. The van der Waals surface area contributed by atoms with Crippen LogP contribution in [0.3, 0.4) is 0 Å². The quantitative estimate of drug-likeness (QED) is 0.727. The van der Waals surface area contributed by atoms with E-state index in [9.17, 15) is 4.79 Å². The highest BCUT2D eigenvalue weighted by Gasteiger charge is 2.41. The van der Waals surface area contributed by atoms with E-state index in [1.54, 1.807) is 0 Å². The number of hydrogen-bond acceptors (Lipinski definition) is 2. The SMILES string of the molecule is CCCCN1C(=O)c2[nH]nc(-c3ccccc3)c2C1c1ccc(C)cc1. The molecule has 1 aliphatic heterocycles. The van der Waals surface area contributed by atoms with Gasteiger partial charge in [-0.3, -0.25) is 9.89 Å². The van der Waals surface area contributed by atoms with Crippen molar-refractivity contribution in [1.29, 1.82) is 0 Å². The summed E-state index contributed by atoms with van der Waals surface area (Å²) in [5.41, 5.74) is 5.89. The minimum absolute atomic E-state index is 0.0497. The molecule has 0 spiro atoms. The largest absolute Gasteiger partial charge is 0.326 e. The molecule has 1 atom stereocenters. The van der Waals surface area contributed by atoms with Gasteiger partial charge in [-0.05, 0) is 18.9 Å². The highest BCUT2D eigenvalue weighted by atomic mass is 16.2. The third kappa shape index (κ3) is 2.71. The molecule has 0 saturated heterocycles. The fourth-order valence-electron chi connectivity index (χ4n) is 3.67. The van der Waals surface area contributed by atoms with Crippen molar-refractivity contribution in [3.8, 4) is 11.3 Å². The van der Waals surface area contributed by atoms with Crippen LogP contribution < -0.4 is 0 Å². The topological polar surface area (TPSA) is 49.0 Å². The Kier molecular flexibility index (Phi) is 4.33. The van der Waals surface area contributed by atoms with Gasteiger partial charge in [0.2, 0.25) is 0 Å². The number of fused-ring (bicyclic) bond motifs is 1. The molecule has 1 N–H and O–H groups in total. The van der Waals surface area contributed by atoms with Crippen molar-refractivity contribution in [2.45, 2.75) is 32.7 Å². The maximum absolute atomic E-state index is 13.1. The molecule has 1 unspecified atom stereocenters. The second-order valence-corrected chi connectivity index (χ2v) is 6.89. The first-order chi connectivity index (χ1) is 12.7. The summed E-state index contributed by atoms with van der Waals surface area (Å²) in [4.78, 5) is 15.0. The van der Waals surface area contributed by atoms with E-state index in [1.165, 1.54) is 5.56 Å². The molecule has 2 aromatic carbocycles. The Labute approximate surface area is 153 Å². The second kappa shape index (κ2) is 6.79. The molecule has 0 bridgehead atoms. The molecule has 3 aromatic rings. The van der Waals surface area contributed by atoms with E-state index in [-0.39, 0.29) is 11.9 Å². The number of carbonyl (C=O) groups is 1. The molecule has 132 valence electrons. The lowest BCUT2D eigenvalue weighted by atomic mass is 9.95. The number of benzene rings is 2. The van der Waals surface area contributed by atoms with Crippen LogP contribution in [0, 0.1) is 6.92 Å². The van der Waals surface area contributed by atoms with Crippen molar-refractivity contribution in [1.82, 2.24) is 15.1 Å². The van der Waals surface area contributed by atoms with Gasteiger partial charge in [-0.2, -0.15) is 5.10 Å². The summed E-state index contributed by atoms with van der Waals surface area (Å²) < 4.78 is 0. The van der Waals surface area contributed by atoms with Crippen LogP contribution in [0.5, 0.6) is 0 Å². The predicted molar refractivity (Wildman–Crippen MR) is 103 cm³/mol. The Morgan fingerprint density at radius 3 is 2.50 bits per heavy atom. The summed E-state index contributed by atoms with van der Waals surface area (Å²) >= 11 is 0. The van der Waals surface area contributed by atoms with Crippen molar-refractivity contribution in [3.05, 3.63) is 77.0 Å². The Morgan fingerprint density at radius 2 is 1.81 bits per heavy atom. The van der Waals surface area contributed by atoms with E-state index in [0.29, 0.717) is 5.69 Å². The molecular formula is C22H23N3O. The second-order valence-electron chi connectivity index (χ2n) is 6.89. The zero-order valence-corrected chi connectivity index (χ0v) is 15.2. The molecule has 4 rings (SSSR count). The monoisotopic (exact) mass is 345 g/mol. The summed E-state index contributed by atoms with van der Waals surface area (Å²) in [6.07, 6.45) is 2.05. The highest BCUT2D eigenvalue weighted by molar-refractivity contribution is 6.00. The Hall–Kier alpha value is -2.88. The molecule has 1 amide bonds. The Balaban J connectivity index is 1.85. The Morgan fingerprint density at radius 1 is 1.08 bits per heavy atom. The van der Waals surface area contributed by atoms with Crippen LogP contribution in [0.4, 0.5) is 0 Å². The Bertz CT molecular complexity index is 912. The van der Waals surface area contributed by atoms with E-state index < -0.39 is 0 Å². The average Bonchev–Trinajstić information content (AvgIpc) is 3.21. The molecule has 0 fully saturated rings. The van der Waals surface area contributed by atoms with Crippen molar-refractivity contribution in [3.63, 3.8) is 0 Å². The number of nitrogens with one attached hydrogen (secondary N) is 1. The zero-order chi connectivity index (χ0) is 18.1. The molecule has 1 aromatic heterocycles. The molecular weight excluding hydrogens is 322 g/mol. The van der Waals surface area contributed by atoms with Gasteiger partial charge >= 0.3 is 0 Å². The van der Waals surface area contributed by atoms with E-state index in [4.69, 9.17) is 0 Å². The lowest BCUT2D eigenvalue weighted by Crippen LogP contribution is -2.30. The number of unbranched alkanes of at least 4 members (excludes halogenated alkanes) is 1. The number of aromatic nitrogens is 2. The summed E-state index contributed by atoms with van der Waals surface area (Å²) in [6.45, 7) is 4.99. The summed E-state index contributed by atoms with van der Waals surface area (Å²) in [7, 11) is 0. The first kappa shape index (κ1) is 16.6. The number of aromatic amines is 1. The molecule has 4 heteroatoms. The van der Waals surface area contributed by atoms with E-state index in [1.807, 2.05) is 35.2 Å². The van der Waals surface area contributed by atoms with E-state index >= 15 is 0 Å². The standard InChI is InChI=1S/C22H23N3O/c1-3-4-14-25-21(17-12-10-15(2)11-13-17)18-19(16-8-6-5-7-9-16)23-24-20(18)22(25)26/h5-13,21H,3-4,14H2,1-2H3,(H,23,24). The molecule has 4 nitrogen and oxygen atoms in total. The van der Waals surface area contributed by atoms with Gasteiger partial charge in [-0.15, -0.1) is 0 Å². The van der Waals surface area contributed by atoms with Gasteiger partial charge in [-0.1, -0.05) is 73.5 Å². The molecule has 0 aliphatic carbocycles. The van der Waals surface area contributed by atoms with Gasteiger partial charge in [0.25, 0.3) is 5.91 Å². The van der Waals surface area contributed by atoms with Crippen molar-refractivity contribution < 1.29 is 4.79 Å². The first-order valence-electron chi connectivity index (χ1n) is 9.22. The summed E-state index contributed by atoms with van der Waals surface area (Å²) in [5.74, 6) is 0.0497. The van der Waals surface area contributed by atoms with Gasteiger partial charge < -0.3 is 4.90 Å². The average molecular weight is 345 g/mol. The maximum Gasteiger partial charge on any atom is 0.273 e. The van der Waals surface area contributed by atoms with Crippen LogP contribution in [-0.4, -0.2) is 27.5 Å². The summed E-state index contributed by atoms with van der Waals surface area (Å²) in [6, 6.07) is 18.5. The fraction of sp³-hybridized carbons (Fsp3) is 0.273. The van der Waals surface area contributed by atoms with Crippen LogP contribution in [-0.2, 0) is 0 Å². The van der Waals surface area contributed by atoms with Crippen LogP contribution >= 0.6 is 0 Å². The number of carbonyl (C=O) groups excluding carboxylic acids is 1. The molecule has 26 heavy (non-hydrogen) atoms. The molecule has 1 aliphatic rings. The van der Waals surface area contributed by atoms with E-state index in [0.717, 1.165) is 41.8 Å². The van der Waals surface area contributed by atoms with Crippen molar-refractivity contribution >= 4 is 5.91 Å². The number of hydrogen-bond donors (Lipinski definition) is 1. The lowest BCUT2D eigenvalue weighted by molar-refractivity contribution is 0.0741. The summed E-state index contributed by atoms with van der Waals surface area (Å²) in [5, 5.41) is 7.50. The van der Waals surface area contributed by atoms with Crippen LogP contribution in [0.25, 0.3) is 11.3 Å². The normalized spacial score (nSPS) is 16.2. The highest BCUT2D eigenvalue weighted by Crippen LogP contribution is 2.42. The van der Waals surface area contributed by atoms with Crippen LogP contribution in [0.15, 0.2) is 54.6 Å². The van der Waals surface area contributed by atoms with Crippen molar-refractivity contribution in [2.75, 3.05) is 6.54 Å². The zero-order valence-electron chi connectivity index (χ0n) is 15.2. The molecule has 2 heterocycles. The smallest absolute Gasteiger partial charge is 0.273 e. The molecule has 0 radical (unpaired) electrons. The number of rotatable bonds is 5. The van der Waals surface area contributed by atoms with Gasteiger partial charge in [-0.25, -0.2) is 0 Å². The fourth-order valence-corrected chi connectivity index (χ4v) is 3.67. The third-order valence-corrected chi connectivity index (χ3v) is 5.06. The number of H-pyrrole nitrogens is 1. The lowest BCUT2D eigenvalue weighted by Gasteiger charge is -2.26. The number of aryl methyl sites for hydroxylation is 1. The first-order valence-corrected chi connectivity index (χ1v) is 9.22.